The molecule has 4 aromatic rings. The first kappa shape index (κ1) is 12.8. The van der Waals surface area contributed by atoms with Gasteiger partial charge in [0.2, 0.25) is 0 Å². The predicted octanol–water partition coefficient (Wildman–Crippen LogP) is 3.81. The summed E-state index contributed by atoms with van der Waals surface area (Å²) in [5.41, 5.74) is 3.05. The van der Waals surface area contributed by atoms with E-state index in [1.54, 1.807) is 12.4 Å². The van der Waals surface area contributed by atoms with Gasteiger partial charge in [-0.2, -0.15) is 0 Å². The molecule has 0 aliphatic rings. The zero-order chi connectivity index (χ0) is 14.9. The Kier molecular flexibility index (Phi) is 2.96. The highest BCUT2D eigenvalue weighted by molar-refractivity contribution is 5.98. The predicted molar refractivity (Wildman–Crippen MR) is 88.3 cm³/mol. The maximum atomic E-state index is 4.48. The molecule has 4 aromatic heterocycles. The van der Waals surface area contributed by atoms with Crippen LogP contribution in [0.15, 0.2) is 49.1 Å². The standard InChI is InChI=1S/C17H15N5/c1-2-14-15(12-4-3-7-19-16(12)21-14)22-17-13-10-18-8-5-11(13)6-9-20-17/h3-10H,2H2,1H3,(H,19,21)(H,20,22). The number of aromatic amines is 1. The highest BCUT2D eigenvalue weighted by Crippen LogP contribution is 2.31. The Morgan fingerprint density at radius 2 is 1.95 bits per heavy atom. The van der Waals surface area contributed by atoms with Crippen molar-refractivity contribution in [3.63, 3.8) is 0 Å². The molecular formula is C17H15N5. The van der Waals surface area contributed by atoms with E-state index >= 15 is 0 Å². The van der Waals surface area contributed by atoms with Crippen LogP contribution in [0, 0.1) is 0 Å². The summed E-state index contributed by atoms with van der Waals surface area (Å²) in [6.45, 7) is 2.12. The molecule has 0 fully saturated rings. The van der Waals surface area contributed by atoms with Crippen molar-refractivity contribution < 1.29 is 0 Å². The van der Waals surface area contributed by atoms with Crippen molar-refractivity contribution in [3.05, 3.63) is 54.7 Å². The summed E-state index contributed by atoms with van der Waals surface area (Å²) in [7, 11) is 0. The number of aromatic nitrogens is 4. The largest absolute Gasteiger partial charge is 0.341 e. The van der Waals surface area contributed by atoms with Crippen molar-refractivity contribution in [2.75, 3.05) is 5.32 Å². The minimum absolute atomic E-state index is 0.810. The van der Waals surface area contributed by atoms with E-state index in [9.17, 15) is 0 Å². The smallest absolute Gasteiger partial charge is 0.139 e. The van der Waals surface area contributed by atoms with Gasteiger partial charge >= 0.3 is 0 Å². The number of pyridine rings is 3. The summed E-state index contributed by atoms with van der Waals surface area (Å²) in [6.07, 6.45) is 8.12. The van der Waals surface area contributed by atoms with Gasteiger partial charge in [0, 0.05) is 41.3 Å². The minimum atomic E-state index is 0.810. The first-order valence-electron chi connectivity index (χ1n) is 7.28. The molecule has 4 heterocycles. The van der Waals surface area contributed by atoms with Gasteiger partial charge in [0.25, 0.3) is 0 Å². The fourth-order valence-corrected chi connectivity index (χ4v) is 2.71. The molecule has 0 aromatic carbocycles. The number of fused-ring (bicyclic) bond motifs is 2. The number of rotatable bonds is 3. The number of hydrogen-bond acceptors (Lipinski definition) is 4. The Morgan fingerprint density at radius 1 is 1.05 bits per heavy atom. The Balaban J connectivity index is 1.89. The summed E-state index contributed by atoms with van der Waals surface area (Å²) in [5.74, 6) is 0.810. The first-order chi connectivity index (χ1) is 10.9. The molecule has 0 atom stereocenters. The number of H-pyrrole nitrogens is 1. The monoisotopic (exact) mass is 289 g/mol. The third-order valence-electron chi connectivity index (χ3n) is 3.81. The van der Waals surface area contributed by atoms with Crippen molar-refractivity contribution in [1.29, 1.82) is 0 Å². The molecule has 2 N–H and O–H groups in total. The molecule has 0 amide bonds. The molecule has 0 saturated carbocycles. The molecule has 5 nitrogen and oxygen atoms in total. The summed E-state index contributed by atoms with van der Waals surface area (Å²) >= 11 is 0. The second-order valence-electron chi connectivity index (χ2n) is 5.11. The van der Waals surface area contributed by atoms with Crippen molar-refractivity contribution in [3.8, 4) is 0 Å². The summed E-state index contributed by atoms with van der Waals surface area (Å²) < 4.78 is 0. The lowest BCUT2D eigenvalue weighted by Crippen LogP contribution is -1.97. The Labute approximate surface area is 127 Å². The van der Waals surface area contributed by atoms with E-state index in [0.29, 0.717) is 0 Å². The second-order valence-corrected chi connectivity index (χ2v) is 5.11. The summed E-state index contributed by atoms with van der Waals surface area (Å²) in [5, 5.41) is 6.66. The summed E-state index contributed by atoms with van der Waals surface area (Å²) in [4.78, 5) is 16.4. The molecule has 0 spiro atoms. The highest BCUT2D eigenvalue weighted by Gasteiger charge is 2.12. The van der Waals surface area contributed by atoms with Gasteiger partial charge in [-0.25, -0.2) is 9.97 Å². The Hall–Kier alpha value is -2.95. The van der Waals surface area contributed by atoms with Gasteiger partial charge in [-0.1, -0.05) is 6.92 Å². The van der Waals surface area contributed by atoms with Crippen LogP contribution in [0.2, 0.25) is 0 Å². The average molecular weight is 289 g/mol. The van der Waals surface area contributed by atoms with Gasteiger partial charge in [0.1, 0.15) is 11.5 Å². The number of aryl methyl sites for hydroxylation is 1. The highest BCUT2D eigenvalue weighted by atomic mass is 15.0. The van der Waals surface area contributed by atoms with Gasteiger partial charge < -0.3 is 10.3 Å². The zero-order valence-electron chi connectivity index (χ0n) is 12.2. The van der Waals surface area contributed by atoms with Crippen molar-refractivity contribution in [2.24, 2.45) is 0 Å². The van der Waals surface area contributed by atoms with Gasteiger partial charge in [-0.3, -0.25) is 4.98 Å². The quantitative estimate of drug-likeness (QED) is 0.602. The second kappa shape index (κ2) is 5.11. The van der Waals surface area contributed by atoms with Crippen molar-refractivity contribution in [2.45, 2.75) is 13.3 Å². The topological polar surface area (TPSA) is 66.5 Å². The van der Waals surface area contributed by atoms with E-state index in [2.05, 4.69) is 38.2 Å². The van der Waals surface area contributed by atoms with Crippen molar-refractivity contribution >= 4 is 33.3 Å². The molecule has 0 aliphatic carbocycles. The van der Waals surface area contributed by atoms with Crippen LogP contribution in [0.25, 0.3) is 21.8 Å². The molecular weight excluding hydrogens is 274 g/mol. The number of nitrogens with zero attached hydrogens (tertiary/aromatic N) is 3. The van der Waals surface area contributed by atoms with Gasteiger partial charge in [-0.05, 0) is 36.1 Å². The molecule has 22 heavy (non-hydrogen) atoms. The van der Waals surface area contributed by atoms with Gasteiger partial charge in [0.15, 0.2) is 0 Å². The Morgan fingerprint density at radius 3 is 2.86 bits per heavy atom. The van der Waals surface area contributed by atoms with Crippen LogP contribution >= 0.6 is 0 Å². The molecule has 0 bridgehead atoms. The van der Waals surface area contributed by atoms with E-state index in [-0.39, 0.29) is 0 Å². The lowest BCUT2D eigenvalue weighted by atomic mass is 10.2. The molecule has 0 aliphatic heterocycles. The molecule has 0 radical (unpaired) electrons. The van der Waals surface area contributed by atoms with Crippen LogP contribution in [-0.4, -0.2) is 19.9 Å². The fraction of sp³-hybridized carbons (Fsp3) is 0.118. The average Bonchev–Trinajstić information content (AvgIpc) is 2.93. The van der Waals surface area contributed by atoms with Crippen LogP contribution in [0.4, 0.5) is 11.5 Å². The molecule has 4 rings (SSSR count). The first-order valence-corrected chi connectivity index (χ1v) is 7.28. The van der Waals surface area contributed by atoms with Gasteiger partial charge in [0.05, 0.1) is 5.69 Å². The van der Waals surface area contributed by atoms with Crippen LogP contribution in [0.3, 0.4) is 0 Å². The van der Waals surface area contributed by atoms with Crippen molar-refractivity contribution in [1.82, 2.24) is 19.9 Å². The number of nitrogens with one attached hydrogen (secondary N) is 2. The van der Waals surface area contributed by atoms with E-state index in [1.807, 2.05) is 30.6 Å². The van der Waals surface area contributed by atoms with E-state index in [4.69, 9.17) is 0 Å². The maximum absolute atomic E-state index is 4.48. The SMILES string of the molecule is CCc1[nH]c2ncccc2c1Nc1nccc2ccncc12. The summed E-state index contributed by atoms with van der Waals surface area (Å²) in [6, 6.07) is 7.97. The number of anilines is 2. The normalized spacial score (nSPS) is 11.1. The van der Waals surface area contributed by atoms with Crippen LogP contribution in [0.5, 0.6) is 0 Å². The van der Waals surface area contributed by atoms with E-state index in [1.165, 1.54) is 0 Å². The third kappa shape index (κ3) is 1.98. The van der Waals surface area contributed by atoms with Crippen LogP contribution < -0.4 is 5.32 Å². The Bertz CT molecular complexity index is 952. The molecule has 0 saturated heterocycles. The maximum Gasteiger partial charge on any atom is 0.139 e. The minimum Gasteiger partial charge on any atom is -0.341 e. The molecule has 0 unspecified atom stereocenters. The zero-order valence-corrected chi connectivity index (χ0v) is 12.2. The third-order valence-corrected chi connectivity index (χ3v) is 3.81. The fourth-order valence-electron chi connectivity index (χ4n) is 2.71. The van der Waals surface area contributed by atoms with Gasteiger partial charge in [-0.15, -0.1) is 0 Å². The lowest BCUT2D eigenvalue weighted by Gasteiger charge is -2.09. The molecule has 108 valence electrons. The molecule has 5 heteroatoms. The number of hydrogen-bond donors (Lipinski definition) is 2. The van der Waals surface area contributed by atoms with Crippen LogP contribution in [0.1, 0.15) is 12.6 Å². The van der Waals surface area contributed by atoms with E-state index in [0.717, 1.165) is 45.4 Å². The lowest BCUT2D eigenvalue weighted by molar-refractivity contribution is 1.07. The van der Waals surface area contributed by atoms with E-state index < -0.39 is 0 Å². The van der Waals surface area contributed by atoms with Crippen LogP contribution in [-0.2, 0) is 6.42 Å².